The highest BCUT2D eigenvalue weighted by atomic mass is 16.6. The van der Waals surface area contributed by atoms with Gasteiger partial charge in [-0.05, 0) is 32.4 Å². The molecule has 0 fully saturated rings. The van der Waals surface area contributed by atoms with Crippen LogP contribution in [0.1, 0.15) is 20.8 Å². The molecular formula is C11H14O4. The summed E-state index contributed by atoms with van der Waals surface area (Å²) < 4.78 is 10.3. The van der Waals surface area contributed by atoms with E-state index < -0.39 is 11.6 Å². The molecule has 1 heterocycles. The van der Waals surface area contributed by atoms with Gasteiger partial charge in [-0.3, -0.25) is 4.79 Å². The Kier molecular flexibility index (Phi) is 2.98. The Morgan fingerprint density at radius 2 is 2.13 bits per heavy atom. The van der Waals surface area contributed by atoms with E-state index in [1.165, 1.54) is 7.11 Å². The lowest BCUT2D eigenvalue weighted by molar-refractivity contribution is -0.143. The molecule has 1 atom stereocenters. The predicted octanol–water partition coefficient (Wildman–Crippen LogP) is 1.37. The van der Waals surface area contributed by atoms with E-state index in [-0.39, 0.29) is 0 Å². The maximum absolute atomic E-state index is 11.4. The lowest BCUT2D eigenvalue weighted by Gasteiger charge is -2.21. The standard InChI is InChI=1S/C11H14O4/c1-7(6-12)5-11(3)9(14-4)8(2)10(13)15-11/h5-6H,1-4H3/b7-5-/t11-/m1/s1. The summed E-state index contributed by atoms with van der Waals surface area (Å²) in [7, 11) is 1.48. The Balaban J connectivity index is 3.17. The van der Waals surface area contributed by atoms with Crippen LogP contribution in [-0.2, 0) is 19.1 Å². The van der Waals surface area contributed by atoms with Crippen molar-refractivity contribution in [3.63, 3.8) is 0 Å². The number of hydrogen-bond acceptors (Lipinski definition) is 4. The summed E-state index contributed by atoms with van der Waals surface area (Å²) in [6, 6.07) is 0. The van der Waals surface area contributed by atoms with Gasteiger partial charge in [0.1, 0.15) is 6.29 Å². The number of ether oxygens (including phenoxy) is 2. The molecule has 15 heavy (non-hydrogen) atoms. The predicted molar refractivity (Wildman–Crippen MR) is 54.0 cm³/mol. The number of aldehydes is 1. The second-order valence-electron chi connectivity index (χ2n) is 3.66. The lowest BCUT2D eigenvalue weighted by Crippen LogP contribution is -2.26. The molecule has 1 rings (SSSR count). The topological polar surface area (TPSA) is 52.6 Å². The zero-order chi connectivity index (χ0) is 11.6. The van der Waals surface area contributed by atoms with Gasteiger partial charge in [-0.1, -0.05) is 0 Å². The number of cyclic esters (lactones) is 1. The SMILES string of the molecule is COC1=C(C)C(=O)O[C@]1(C)/C=C(/C)C=O. The number of carbonyl (C=O) groups excluding carboxylic acids is 2. The molecule has 0 bridgehead atoms. The first-order valence-corrected chi connectivity index (χ1v) is 4.58. The highest BCUT2D eigenvalue weighted by Gasteiger charge is 2.42. The fourth-order valence-electron chi connectivity index (χ4n) is 1.70. The van der Waals surface area contributed by atoms with Crippen LogP contribution in [0, 0.1) is 0 Å². The first-order valence-electron chi connectivity index (χ1n) is 4.58. The summed E-state index contributed by atoms with van der Waals surface area (Å²) in [6.07, 6.45) is 2.28. The number of hydrogen-bond donors (Lipinski definition) is 0. The van der Waals surface area contributed by atoms with Crippen LogP contribution < -0.4 is 0 Å². The molecule has 0 saturated carbocycles. The molecule has 4 nitrogen and oxygen atoms in total. The average Bonchev–Trinajstić information content (AvgIpc) is 2.37. The fraction of sp³-hybridized carbons (Fsp3) is 0.455. The van der Waals surface area contributed by atoms with Gasteiger partial charge in [-0.25, -0.2) is 4.79 Å². The van der Waals surface area contributed by atoms with Crippen molar-refractivity contribution in [1.82, 2.24) is 0 Å². The summed E-state index contributed by atoms with van der Waals surface area (Å²) in [5.74, 6) is 0.0398. The van der Waals surface area contributed by atoms with Gasteiger partial charge in [0, 0.05) is 0 Å². The zero-order valence-corrected chi connectivity index (χ0v) is 9.29. The second-order valence-corrected chi connectivity index (χ2v) is 3.66. The molecule has 0 N–H and O–H groups in total. The molecule has 0 spiro atoms. The summed E-state index contributed by atoms with van der Waals surface area (Å²) in [4.78, 5) is 21.9. The van der Waals surface area contributed by atoms with Crippen LogP contribution in [0.15, 0.2) is 23.0 Å². The second kappa shape index (κ2) is 3.88. The number of methoxy groups -OCH3 is 1. The highest BCUT2D eigenvalue weighted by molar-refractivity contribution is 5.92. The van der Waals surface area contributed by atoms with E-state index in [9.17, 15) is 9.59 Å². The van der Waals surface area contributed by atoms with E-state index in [1.54, 1.807) is 26.8 Å². The van der Waals surface area contributed by atoms with Crippen molar-refractivity contribution in [2.75, 3.05) is 7.11 Å². The molecule has 0 aliphatic carbocycles. The molecule has 82 valence electrons. The summed E-state index contributed by atoms with van der Waals surface area (Å²) in [6.45, 7) is 4.97. The van der Waals surface area contributed by atoms with E-state index in [0.717, 1.165) is 0 Å². The maximum atomic E-state index is 11.4. The van der Waals surface area contributed by atoms with E-state index in [4.69, 9.17) is 9.47 Å². The third-order valence-electron chi connectivity index (χ3n) is 2.30. The van der Waals surface area contributed by atoms with Crippen LogP contribution in [0.5, 0.6) is 0 Å². The summed E-state index contributed by atoms with van der Waals surface area (Å²) in [5.41, 5.74) is -0.0227. The van der Waals surface area contributed by atoms with Gasteiger partial charge in [-0.15, -0.1) is 0 Å². The maximum Gasteiger partial charge on any atom is 0.338 e. The normalized spacial score (nSPS) is 26.7. The number of allylic oxidation sites excluding steroid dienone is 1. The number of esters is 1. The van der Waals surface area contributed by atoms with Gasteiger partial charge in [-0.2, -0.15) is 0 Å². The third-order valence-corrected chi connectivity index (χ3v) is 2.30. The monoisotopic (exact) mass is 210 g/mol. The van der Waals surface area contributed by atoms with Gasteiger partial charge in [0.15, 0.2) is 11.4 Å². The van der Waals surface area contributed by atoms with Crippen LogP contribution in [0.25, 0.3) is 0 Å². The minimum Gasteiger partial charge on any atom is -0.496 e. The van der Waals surface area contributed by atoms with E-state index in [1.807, 2.05) is 0 Å². The molecule has 0 aromatic heterocycles. The lowest BCUT2D eigenvalue weighted by atomic mass is 10.00. The van der Waals surface area contributed by atoms with Gasteiger partial charge in [0.2, 0.25) is 0 Å². The summed E-state index contributed by atoms with van der Waals surface area (Å²) >= 11 is 0. The Morgan fingerprint density at radius 3 is 2.60 bits per heavy atom. The molecule has 1 aliphatic rings. The first kappa shape index (κ1) is 11.5. The minimum absolute atomic E-state index is 0.413. The zero-order valence-electron chi connectivity index (χ0n) is 9.29. The van der Waals surface area contributed by atoms with Crippen molar-refractivity contribution < 1.29 is 19.1 Å². The smallest absolute Gasteiger partial charge is 0.338 e. The number of rotatable bonds is 3. The van der Waals surface area contributed by atoms with Gasteiger partial charge >= 0.3 is 5.97 Å². The molecule has 0 radical (unpaired) electrons. The first-order chi connectivity index (χ1) is 6.94. The largest absolute Gasteiger partial charge is 0.496 e. The van der Waals surface area contributed by atoms with Gasteiger partial charge in [0.05, 0.1) is 12.7 Å². The van der Waals surface area contributed by atoms with Crippen LogP contribution in [0.4, 0.5) is 0 Å². The molecule has 1 aliphatic heterocycles. The Hall–Kier alpha value is -1.58. The Labute approximate surface area is 88.6 Å². The van der Waals surface area contributed by atoms with Crippen molar-refractivity contribution in [2.45, 2.75) is 26.4 Å². The van der Waals surface area contributed by atoms with Crippen LogP contribution in [0.3, 0.4) is 0 Å². The van der Waals surface area contributed by atoms with Crippen LogP contribution in [-0.4, -0.2) is 25.0 Å². The molecule has 0 amide bonds. The molecule has 0 unspecified atom stereocenters. The van der Waals surface area contributed by atoms with E-state index in [2.05, 4.69) is 0 Å². The Bertz CT molecular complexity index is 365. The summed E-state index contributed by atoms with van der Waals surface area (Å²) in [5, 5.41) is 0. The average molecular weight is 210 g/mol. The fourth-order valence-corrected chi connectivity index (χ4v) is 1.70. The molecule has 0 aromatic carbocycles. The molecule has 4 heteroatoms. The Morgan fingerprint density at radius 1 is 1.53 bits per heavy atom. The van der Waals surface area contributed by atoms with E-state index >= 15 is 0 Å². The quantitative estimate of drug-likeness (QED) is 0.401. The van der Waals surface area contributed by atoms with Gasteiger partial charge in [0.25, 0.3) is 0 Å². The molecular weight excluding hydrogens is 196 g/mol. The van der Waals surface area contributed by atoms with Crippen molar-refractivity contribution >= 4 is 12.3 Å². The molecule has 0 aromatic rings. The van der Waals surface area contributed by atoms with Crippen LogP contribution >= 0.6 is 0 Å². The molecule has 0 saturated heterocycles. The van der Waals surface area contributed by atoms with Crippen molar-refractivity contribution in [3.05, 3.63) is 23.0 Å². The van der Waals surface area contributed by atoms with Crippen molar-refractivity contribution in [2.24, 2.45) is 0 Å². The van der Waals surface area contributed by atoms with Crippen LogP contribution in [0.2, 0.25) is 0 Å². The minimum atomic E-state index is -0.957. The number of carbonyl (C=O) groups is 2. The van der Waals surface area contributed by atoms with Crippen molar-refractivity contribution in [1.29, 1.82) is 0 Å². The van der Waals surface area contributed by atoms with Crippen molar-refractivity contribution in [3.8, 4) is 0 Å². The third kappa shape index (κ3) is 1.93. The van der Waals surface area contributed by atoms with Gasteiger partial charge < -0.3 is 9.47 Å². The van der Waals surface area contributed by atoms with E-state index in [0.29, 0.717) is 23.2 Å². The highest BCUT2D eigenvalue weighted by Crippen LogP contribution is 2.34.